The Hall–Kier alpha value is -3.78. The maximum Gasteiger partial charge on any atom is 0.407 e. The molecule has 3 aromatic rings. The molecule has 2 amide bonds. The predicted molar refractivity (Wildman–Crippen MR) is 128 cm³/mol. The maximum absolute atomic E-state index is 13.1. The van der Waals surface area contributed by atoms with E-state index in [0.717, 1.165) is 23.4 Å². The summed E-state index contributed by atoms with van der Waals surface area (Å²) in [6.07, 6.45) is 0.661. The number of piperazine rings is 1. The standard InChI is InChI=1S/C26H27FN4O3/c1-18-16-30(13-14-31(18)26(33)34)17-19-3-10-23(11-4-19)29(2)25(32)21-7-12-24(28-15-21)20-5-8-22(27)9-6-20/h3-12,15,18H,13-14,16-17H2,1-2H3,(H,33,34)/t18-/m1/s1. The summed E-state index contributed by atoms with van der Waals surface area (Å²) in [6, 6.07) is 17.3. The molecule has 0 spiro atoms. The number of carbonyl (C=O) groups excluding carboxylic acids is 1. The minimum atomic E-state index is -0.871. The van der Waals surface area contributed by atoms with Crippen molar-refractivity contribution in [3.8, 4) is 11.3 Å². The normalized spacial score (nSPS) is 16.3. The van der Waals surface area contributed by atoms with Crippen LogP contribution in [0.2, 0.25) is 0 Å². The summed E-state index contributed by atoms with van der Waals surface area (Å²) >= 11 is 0. The van der Waals surface area contributed by atoms with Crippen molar-refractivity contribution < 1.29 is 19.1 Å². The molecule has 1 N–H and O–H groups in total. The summed E-state index contributed by atoms with van der Waals surface area (Å²) in [6.45, 7) is 4.53. The highest BCUT2D eigenvalue weighted by molar-refractivity contribution is 6.05. The van der Waals surface area contributed by atoms with Gasteiger partial charge in [0.1, 0.15) is 5.82 Å². The Labute approximate surface area is 198 Å². The molecule has 8 heteroatoms. The van der Waals surface area contributed by atoms with E-state index in [2.05, 4.69) is 9.88 Å². The van der Waals surface area contributed by atoms with E-state index in [4.69, 9.17) is 0 Å². The number of aromatic nitrogens is 1. The van der Waals surface area contributed by atoms with Crippen LogP contribution in [0.15, 0.2) is 66.9 Å². The van der Waals surface area contributed by atoms with Crippen LogP contribution < -0.4 is 4.90 Å². The topological polar surface area (TPSA) is 77.0 Å². The van der Waals surface area contributed by atoms with Gasteiger partial charge in [0.2, 0.25) is 0 Å². The molecular weight excluding hydrogens is 435 g/mol. The second-order valence-electron chi connectivity index (χ2n) is 8.53. The summed E-state index contributed by atoms with van der Waals surface area (Å²) < 4.78 is 13.1. The van der Waals surface area contributed by atoms with Crippen molar-refractivity contribution in [2.45, 2.75) is 19.5 Å². The largest absolute Gasteiger partial charge is 0.465 e. The van der Waals surface area contributed by atoms with Gasteiger partial charge in [0.25, 0.3) is 5.91 Å². The van der Waals surface area contributed by atoms with E-state index in [-0.39, 0.29) is 17.8 Å². The molecular formula is C26H27FN4O3. The molecule has 1 fully saturated rings. The molecule has 0 saturated carbocycles. The Morgan fingerprint density at radius 3 is 2.35 bits per heavy atom. The van der Waals surface area contributed by atoms with Crippen LogP contribution in [0, 0.1) is 5.82 Å². The average Bonchev–Trinajstić information content (AvgIpc) is 2.84. The summed E-state index contributed by atoms with van der Waals surface area (Å²) in [5.41, 5.74) is 3.78. The monoisotopic (exact) mass is 462 g/mol. The fourth-order valence-electron chi connectivity index (χ4n) is 4.17. The van der Waals surface area contributed by atoms with Gasteiger partial charge >= 0.3 is 6.09 Å². The maximum atomic E-state index is 13.1. The Morgan fingerprint density at radius 1 is 1.06 bits per heavy atom. The number of anilines is 1. The van der Waals surface area contributed by atoms with Crippen molar-refractivity contribution in [2.24, 2.45) is 0 Å². The molecule has 1 aliphatic heterocycles. The van der Waals surface area contributed by atoms with Gasteiger partial charge in [-0.25, -0.2) is 9.18 Å². The first kappa shape index (κ1) is 23.4. The minimum Gasteiger partial charge on any atom is -0.465 e. The van der Waals surface area contributed by atoms with Crippen molar-refractivity contribution in [1.29, 1.82) is 0 Å². The van der Waals surface area contributed by atoms with Gasteiger partial charge in [-0.3, -0.25) is 14.7 Å². The van der Waals surface area contributed by atoms with E-state index in [1.54, 1.807) is 36.2 Å². The Balaban J connectivity index is 1.37. The lowest BCUT2D eigenvalue weighted by Crippen LogP contribution is -2.53. The molecule has 4 rings (SSSR count). The van der Waals surface area contributed by atoms with Crippen molar-refractivity contribution in [2.75, 3.05) is 31.6 Å². The zero-order valence-corrected chi connectivity index (χ0v) is 19.2. The van der Waals surface area contributed by atoms with Gasteiger partial charge < -0.3 is 14.9 Å². The summed E-state index contributed by atoms with van der Waals surface area (Å²) in [4.78, 5) is 33.8. The zero-order valence-electron chi connectivity index (χ0n) is 19.2. The number of carbonyl (C=O) groups is 2. The number of halogens is 1. The van der Waals surface area contributed by atoms with Gasteiger partial charge in [0, 0.05) is 56.7 Å². The van der Waals surface area contributed by atoms with Crippen LogP contribution in [0.5, 0.6) is 0 Å². The van der Waals surface area contributed by atoms with Gasteiger partial charge in [-0.2, -0.15) is 0 Å². The minimum absolute atomic E-state index is 0.0441. The zero-order chi connectivity index (χ0) is 24.2. The van der Waals surface area contributed by atoms with Gasteiger partial charge in [-0.1, -0.05) is 12.1 Å². The molecule has 1 saturated heterocycles. The summed E-state index contributed by atoms with van der Waals surface area (Å²) in [7, 11) is 1.72. The first-order valence-corrected chi connectivity index (χ1v) is 11.1. The highest BCUT2D eigenvalue weighted by Gasteiger charge is 2.27. The molecule has 1 aliphatic rings. The second-order valence-corrected chi connectivity index (χ2v) is 8.53. The first-order valence-electron chi connectivity index (χ1n) is 11.1. The van der Waals surface area contributed by atoms with Gasteiger partial charge in [-0.05, 0) is 61.0 Å². The van der Waals surface area contributed by atoms with Gasteiger partial charge in [0.05, 0.1) is 11.3 Å². The van der Waals surface area contributed by atoms with Crippen LogP contribution in [0.4, 0.5) is 14.9 Å². The van der Waals surface area contributed by atoms with E-state index >= 15 is 0 Å². The molecule has 34 heavy (non-hydrogen) atoms. The lowest BCUT2D eigenvalue weighted by Gasteiger charge is -2.38. The van der Waals surface area contributed by atoms with Crippen LogP contribution in [0.3, 0.4) is 0 Å². The predicted octanol–water partition coefficient (Wildman–Crippen LogP) is 4.35. The van der Waals surface area contributed by atoms with Gasteiger partial charge in [-0.15, -0.1) is 0 Å². The molecule has 1 aromatic heterocycles. The lowest BCUT2D eigenvalue weighted by molar-refractivity contribution is 0.0711. The second kappa shape index (κ2) is 10.0. The molecule has 176 valence electrons. The SMILES string of the molecule is C[C@@H]1CN(Cc2ccc(N(C)C(=O)c3ccc(-c4ccc(F)cc4)nc3)cc2)CCN1C(=O)O. The average molecular weight is 463 g/mol. The molecule has 0 unspecified atom stereocenters. The Kier molecular flexibility index (Phi) is 6.88. The molecule has 0 bridgehead atoms. The van der Waals surface area contributed by atoms with E-state index in [1.165, 1.54) is 23.2 Å². The molecule has 1 atom stereocenters. The quantitative estimate of drug-likeness (QED) is 0.610. The van der Waals surface area contributed by atoms with Crippen LogP contribution in [0.25, 0.3) is 11.3 Å². The van der Waals surface area contributed by atoms with Crippen molar-refractivity contribution in [3.63, 3.8) is 0 Å². The van der Waals surface area contributed by atoms with Crippen LogP contribution >= 0.6 is 0 Å². The van der Waals surface area contributed by atoms with Crippen molar-refractivity contribution in [3.05, 3.63) is 83.8 Å². The highest BCUT2D eigenvalue weighted by Crippen LogP contribution is 2.21. The number of rotatable bonds is 5. The summed E-state index contributed by atoms with van der Waals surface area (Å²) in [5.74, 6) is -0.483. The van der Waals surface area contributed by atoms with E-state index in [9.17, 15) is 19.1 Å². The molecule has 0 aliphatic carbocycles. The highest BCUT2D eigenvalue weighted by atomic mass is 19.1. The third-order valence-corrected chi connectivity index (χ3v) is 6.14. The number of carboxylic acid groups (broad SMARTS) is 1. The molecule has 0 radical (unpaired) electrons. The number of pyridine rings is 1. The summed E-state index contributed by atoms with van der Waals surface area (Å²) in [5, 5.41) is 9.23. The van der Waals surface area contributed by atoms with Gasteiger partial charge in [0.15, 0.2) is 0 Å². The number of hydrogen-bond acceptors (Lipinski definition) is 4. The van der Waals surface area contributed by atoms with Crippen molar-refractivity contribution >= 4 is 17.7 Å². The van der Waals surface area contributed by atoms with E-state index < -0.39 is 6.09 Å². The number of nitrogens with zero attached hydrogens (tertiary/aromatic N) is 4. The smallest absolute Gasteiger partial charge is 0.407 e. The number of benzene rings is 2. The fourth-order valence-corrected chi connectivity index (χ4v) is 4.17. The molecule has 7 nitrogen and oxygen atoms in total. The van der Waals surface area contributed by atoms with Crippen molar-refractivity contribution in [1.82, 2.24) is 14.8 Å². The van der Waals surface area contributed by atoms with Crippen LogP contribution in [-0.2, 0) is 6.54 Å². The Bertz CT molecular complexity index is 1150. The van der Waals surface area contributed by atoms with Crippen LogP contribution in [-0.4, -0.2) is 64.6 Å². The first-order chi connectivity index (χ1) is 16.3. The third kappa shape index (κ3) is 5.23. The molecule has 2 aromatic carbocycles. The Morgan fingerprint density at radius 2 is 1.76 bits per heavy atom. The van der Waals surface area contributed by atoms with E-state index in [1.807, 2.05) is 31.2 Å². The van der Waals surface area contributed by atoms with Crippen LogP contribution in [0.1, 0.15) is 22.8 Å². The molecule has 2 heterocycles. The van der Waals surface area contributed by atoms with E-state index in [0.29, 0.717) is 30.9 Å². The third-order valence-electron chi connectivity index (χ3n) is 6.14. The number of hydrogen-bond donors (Lipinski definition) is 1. The number of amides is 2. The fraction of sp³-hybridized carbons (Fsp3) is 0.269. The lowest BCUT2D eigenvalue weighted by atomic mass is 10.1.